The normalized spacial score (nSPS) is 38.6. The number of carbonyl (C=O) groups is 1. The van der Waals surface area contributed by atoms with Gasteiger partial charge in [0.2, 0.25) is 9.05 Å². The summed E-state index contributed by atoms with van der Waals surface area (Å²) in [5, 5.41) is 0. The van der Waals surface area contributed by atoms with Crippen molar-refractivity contribution < 1.29 is 13.2 Å². The number of halogens is 1. The van der Waals surface area contributed by atoms with E-state index in [0.717, 1.165) is 6.42 Å². The van der Waals surface area contributed by atoms with Crippen LogP contribution in [0.5, 0.6) is 0 Å². The lowest BCUT2D eigenvalue weighted by molar-refractivity contribution is -0.128. The molecule has 86 valence electrons. The standard InChI is InChI=1S/C10H15ClO3S/c1-9(2)7-3-4-10(9,8(12)5-7)6-15(11,13)14/h7H,3-6H2,1-2H3/t7?,10-/m0/s1. The summed E-state index contributed by atoms with van der Waals surface area (Å²) in [7, 11) is 1.71. The van der Waals surface area contributed by atoms with Gasteiger partial charge >= 0.3 is 0 Å². The first-order valence-corrected chi connectivity index (χ1v) is 7.62. The molecule has 0 heterocycles. The number of rotatable bonds is 2. The van der Waals surface area contributed by atoms with Gasteiger partial charge in [-0.3, -0.25) is 4.79 Å². The van der Waals surface area contributed by atoms with E-state index in [1.165, 1.54) is 0 Å². The Morgan fingerprint density at radius 1 is 1.47 bits per heavy atom. The molecule has 0 amide bonds. The molecule has 2 atom stereocenters. The summed E-state index contributed by atoms with van der Waals surface area (Å²) in [4.78, 5) is 11.9. The van der Waals surface area contributed by atoms with E-state index in [4.69, 9.17) is 10.7 Å². The molecule has 0 spiro atoms. The molecule has 5 heteroatoms. The van der Waals surface area contributed by atoms with Crippen LogP contribution in [0.1, 0.15) is 33.1 Å². The van der Waals surface area contributed by atoms with Crippen molar-refractivity contribution in [2.45, 2.75) is 33.1 Å². The summed E-state index contributed by atoms with van der Waals surface area (Å²) < 4.78 is 22.4. The predicted molar refractivity (Wildman–Crippen MR) is 58.2 cm³/mol. The van der Waals surface area contributed by atoms with Crippen molar-refractivity contribution in [3.05, 3.63) is 0 Å². The Bertz CT molecular complexity index is 412. The van der Waals surface area contributed by atoms with E-state index in [2.05, 4.69) is 0 Å². The van der Waals surface area contributed by atoms with Gasteiger partial charge in [-0.05, 0) is 24.2 Å². The van der Waals surface area contributed by atoms with Crippen molar-refractivity contribution in [2.75, 3.05) is 5.75 Å². The van der Waals surface area contributed by atoms with Crippen molar-refractivity contribution in [2.24, 2.45) is 16.7 Å². The summed E-state index contributed by atoms with van der Waals surface area (Å²) in [5.74, 6) is 0.237. The fourth-order valence-corrected chi connectivity index (χ4v) is 5.23. The van der Waals surface area contributed by atoms with Gasteiger partial charge in [0, 0.05) is 22.5 Å². The van der Waals surface area contributed by atoms with Crippen LogP contribution in [0.2, 0.25) is 0 Å². The zero-order valence-electron chi connectivity index (χ0n) is 8.92. The van der Waals surface area contributed by atoms with Gasteiger partial charge in [0.05, 0.1) is 5.75 Å². The Kier molecular flexibility index (Phi) is 2.26. The number of hydrogen-bond acceptors (Lipinski definition) is 3. The summed E-state index contributed by atoms with van der Waals surface area (Å²) >= 11 is 0. The molecule has 0 aromatic rings. The van der Waals surface area contributed by atoms with Crippen molar-refractivity contribution in [1.29, 1.82) is 0 Å². The molecular weight excluding hydrogens is 236 g/mol. The summed E-state index contributed by atoms with van der Waals surface area (Å²) in [6.07, 6.45) is 2.15. The van der Waals surface area contributed by atoms with Crippen molar-refractivity contribution in [3.63, 3.8) is 0 Å². The predicted octanol–water partition coefficient (Wildman–Crippen LogP) is 1.95. The highest BCUT2D eigenvalue weighted by Gasteiger charge is 2.65. The maximum atomic E-state index is 11.9. The van der Waals surface area contributed by atoms with Crippen LogP contribution < -0.4 is 0 Å². The van der Waals surface area contributed by atoms with E-state index in [-0.39, 0.29) is 17.0 Å². The number of carbonyl (C=O) groups excluding carboxylic acids is 1. The first kappa shape index (κ1) is 11.4. The largest absolute Gasteiger partial charge is 0.299 e. The van der Waals surface area contributed by atoms with E-state index in [1.54, 1.807) is 0 Å². The molecule has 2 fully saturated rings. The van der Waals surface area contributed by atoms with Crippen LogP contribution in [0.4, 0.5) is 0 Å². The van der Waals surface area contributed by atoms with Gasteiger partial charge < -0.3 is 0 Å². The van der Waals surface area contributed by atoms with Crippen LogP contribution in [0, 0.1) is 16.7 Å². The topological polar surface area (TPSA) is 51.2 Å². The molecule has 2 aliphatic carbocycles. The number of fused-ring (bicyclic) bond motifs is 2. The molecule has 0 aromatic carbocycles. The molecule has 0 saturated heterocycles. The van der Waals surface area contributed by atoms with Gasteiger partial charge in [0.25, 0.3) is 0 Å². The lowest BCUT2D eigenvalue weighted by Crippen LogP contribution is -2.41. The van der Waals surface area contributed by atoms with E-state index < -0.39 is 14.5 Å². The van der Waals surface area contributed by atoms with Crippen LogP contribution in [-0.2, 0) is 13.8 Å². The number of Topliss-reactive ketones (excluding diaryl/α,β-unsaturated/α-hetero) is 1. The Labute approximate surface area is 94.6 Å². The molecule has 3 nitrogen and oxygen atoms in total. The molecular formula is C10H15ClO3S. The maximum absolute atomic E-state index is 11.9. The smallest absolute Gasteiger partial charge is 0.233 e. The second-order valence-electron chi connectivity index (χ2n) is 5.35. The Morgan fingerprint density at radius 3 is 2.40 bits per heavy atom. The Hall–Kier alpha value is -0.0900. The highest BCUT2D eigenvalue weighted by atomic mass is 35.7. The van der Waals surface area contributed by atoms with Gasteiger partial charge in [0.1, 0.15) is 5.78 Å². The Morgan fingerprint density at radius 2 is 2.07 bits per heavy atom. The SMILES string of the molecule is CC1(C)C2CC[C@]1(CS(=O)(=O)Cl)C(=O)C2. The molecule has 2 rings (SSSR count). The molecule has 2 saturated carbocycles. The third-order valence-corrected chi connectivity index (χ3v) is 5.72. The number of ketones is 1. The Balaban J connectivity index is 2.45. The molecule has 15 heavy (non-hydrogen) atoms. The van der Waals surface area contributed by atoms with Gasteiger partial charge in [-0.25, -0.2) is 8.42 Å². The van der Waals surface area contributed by atoms with Crippen LogP contribution in [0.25, 0.3) is 0 Å². The van der Waals surface area contributed by atoms with Crippen LogP contribution in [0.15, 0.2) is 0 Å². The monoisotopic (exact) mass is 250 g/mol. The highest BCUT2D eigenvalue weighted by molar-refractivity contribution is 8.13. The molecule has 0 N–H and O–H groups in total. The third-order valence-electron chi connectivity index (χ3n) is 4.56. The number of hydrogen-bond donors (Lipinski definition) is 0. The molecule has 0 aliphatic heterocycles. The molecule has 2 bridgehead atoms. The molecule has 2 aliphatic rings. The quantitative estimate of drug-likeness (QED) is 0.704. The van der Waals surface area contributed by atoms with Crippen molar-refractivity contribution in [3.8, 4) is 0 Å². The summed E-state index contributed by atoms with van der Waals surface area (Å²) in [6.45, 7) is 4.00. The molecule has 0 aromatic heterocycles. The third kappa shape index (κ3) is 1.45. The average Bonchev–Trinajstić information content (AvgIpc) is 2.34. The van der Waals surface area contributed by atoms with E-state index in [0.29, 0.717) is 18.8 Å². The fourth-order valence-electron chi connectivity index (χ4n) is 3.40. The van der Waals surface area contributed by atoms with Crippen LogP contribution in [-0.4, -0.2) is 20.0 Å². The van der Waals surface area contributed by atoms with Gasteiger partial charge in [-0.1, -0.05) is 13.8 Å². The highest BCUT2D eigenvalue weighted by Crippen LogP contribution is 2.64. The van der Waals surface area contributed by atoms with E-state index in [1.807, 2.05) is 13.8 Å². The van der Waals surface area contributed by atoms with Gasteiger partial charge in [-0.2, -0.15) is 0 Å². The maximum Gasteiger partial charge on any atom is 0.233 e. The van der Waals surface area contributed by atoms with Crippen molar-refractivity contribution in [1.82, 2.24) is 0 Å². The summed E-state index contributed by atoms with van der Waals surface area (Å²) in [6, 6.07) is 0. The van der Waals surface area contributed by atoms with Crippen LogP contribution >= 0.6 is 10.7 Å². The minimum Gasteiger partial charge on any atom is -0.299 e. The lowest BCUT2D eigenvalue weighted by atomic mass is 9.70. The minimum absolute atomic E-state index is 0.0907. The first-order valence-electron chi connectivity index (χ1n) is 5.15. The second kappa shape index (κ2) is 2.98. The molecule has 1 unspecified atom stereocenters. The van der Waals surface area contributed by atoms with Crippen LogP contribution in [0.3, 0.4) is 0 Å². The summed E-state index contributed by atoms with van der Waals surface area (Å²) in [5.41, 5.74) is -0.926. The fraction of sp³-hybridized carbons (Fsp3) is 0.900. The molecule has 0 radical (unpaired) electrons. The first-order chi connectivity index (χ1) is 6.69. The average molecular weight is 251 g/mol. The van der Waals surface area contributed by atoms with Gasteiger partial charge in [0.15, 0.2) is 0 Å². The minimum atomic E-state index is -3.60. The zero-order valence-corrected chi connectivity index (χ0v) is 10.5. The zero-order chi connectivity index (χ0) is 11.5. The van der Waals surface area contributed by atoms with Crippen molar-refractivity contribution >= 4 is 25.5 Å². The van der Waals surface area contributed by atoms with Gasteiger partial charge in [-0.15, -0.1) is 0 Å². The van der Waals surface area contributed by atoms with E-state index in [9.17, 15) is 13.2 Å². The second-order valence-corrected chi connectivity index (χ2v) is 8.13. The lowest BCUT2D eigenvalue weighted by Gasteiger charge is -2.35. The van der Waals surface area contributed by atoms with E-state index >= 15 is 0 Å².